The molecule has 0 spiro atoms. The molecule has 7 heteroatoms. The van der Waals surface area contributed by atoms with Crippen LogP contribution in [-0.2, 0) is 16.1 Å². The highest BCUT2D eigenvalue weighted by molar-refractivity contribution is 5.95. The summed E-state index contributed by atoms with van der Waals surface area (Å²) in [7, 11) is 0. The minimum Gasteiger partial charge on any atom is -0.479 e. The molecule has 2 fully saturated rings. The first-order valence-corrected chi connectivity index (χ1v) is 15.6. The van der Waals surface area contributed by atoms with Gasteiger partial charge in [-0.15, -0.1) is 0 Å². The molecule has 1 aromatic heterocycles. The van der Waals surface area contributed by atoms with Gasteiger partial charge in [0.2, 0.25) is 0 Å². The van der Waals surface area contributed by atoms with Crippen molar-refractivity contribution < 1.29 is 19.4 Å². The third-order valence-electron chi connectivity index (χ3n) is 8.88. The first kappa shape index (κ1) is 30.7. The first-order chi connectivity index (χ1) is 20.5. The fraction of sp³-hybridized carbons (Fsp3) is 0.472. The SMILES string of the molecule is Cc1nc(C)c([C@H](OC(C)(C)C)C(=O)O)c(N2CC[C@H]3CCCC[C@H]3C2)c1-c1ccc(C(=O)NCc2ccccc2)cc1. The summed E-state index contributed by atoms with van der Waals surface area (Å²) in [6.45, 7) is 11.8. The van der Waals surface area contributed by atoms with Gasteiger partial charge in [-0.05, 0) is 82.6 Å². The summed E-state index contributed by atoms with van der Waals surface area (Å²) in [4.78, 5) is 33.1. The number of aryl methyl sites for hydroxylation is 2. The minimum atomic E-state index is -1.16. The Bertz CT molecular complexity index is 1450. The van der Waals surface area contributed by atoms with Gasteiger partial charge in [0, 0.05) is 47.7 Å². The normalized spacial score (nSPS) is 19.4. The Labute approximate surface area is 255 Å². The number of anilines is 1. The summed E-state index contributed by atoms with van der Waals surface area (Å²) in [5.41, 5.74) is 5.82. The molecule has 0 unspecified atom stereocenters. The predicted octanol–water partition coefficient (Wildman–Crippen LogP) is 7.25. The number of piperidine rings is 1. The molecule has 228 valence electrons. The number of nitrogens with zero attached hydrogens (tertiary/aromatic N) is 2. The third kappa shape index (κ3) is 7.10. The molecule has 1 amide bonds. The number of ether oxygens (including phenoxy) is 1. The Balaban J connectivity index is 1.55. The van der Waals surface area contributed by atoms with Crippen LogP contribution in [-0.4, -0.2) is 40.7 Å². The second kappa shape index (κ2) is 12.9. The number of amides is 1. The van der Waals surface area contributed by atoms with Crippen molar-refractivity contribution in [3.8, 4) is 11.1 Å². The van der Waals surface area contributed by atoms with Crippen molar-refractivity contribution in [1.29, 1.82) is 0 Å². The van der Waals surface area contributed by atoms with E-state index in [1.807, 2.05) is 89.2 Å². The molecule has 1 aliphatic heterocycles. The number of hydrogen-bond acceptors (Lipinski definition) is 5. The second-order valence-electron chi connectivity index (χ2n) is 13.2. The number of carboxylic acid groups (broad SMARTS) is 1. The molecular weight excluding hydrogens is 538 g/mol. The summed E-state index contributed by atoms with van der Waals surface area (Å²) in [6, 6.07) is 17.4. The van der Waals surface area contributed by atoms with Gasteiger partial charge in [0.05, 0.1) is 11.3 Å². The number of benzene rings is 2. The third-order valence-corrected chi connectivity index (χ3v) is 8.88. The van der Waals surface area contributed by atoms with E-state index >= 15 is 0 Å². The van der Waals surface area contributed by atoms with Crippen LogP contribution in [0.5, 0.6) is 0 Å². The van der Waals surface area contributed by atoms with Crippen LogP contribution in [0.3, 0.4) is 0 Å². The maximum atomic E-state index is 13.0. The van der Waals surface area contributed by atoms with Gasteiger partial charge in [-0.3, -0.25) is 9.78 Å². The summed E-state index contributed by atoms with van der Waals surface area (Å²) in [5.74, 6) is 0.169. The highest BCUT2D eigenvalue weighted by Crippen LogP contribution is 2.46. The molecule has 1 saturated heterocycles. The second-order valence-corrected chi connectivity index (χ2v) is 13.2. The number of carbonyl (C=O) groups excluding carboxylic acids is 1. The fourth-order valence-electron chi connectivity index (χ4n) is 6.89. The molecule has 2 aromatic carbocycles. The van der Waals surface area contributed by atoms with Crippen molar-refractivity contribution in [2.45, 2.75) is 85.0 Å². The molecule has 2 N–H and O–H groups in total. The number of aliphatic carboxylic acids is 1. The number of nitrogens with one attached hydrogen (secondary N) is 1. The molecule has 5 rings (SSSR count). The van der Waals surface area contributed by atoms with E-state index in [0.29, 0.717) is 29.3 Å². The van der Waals surface area contributed by atoms with E-state index in [2.05, 4.69) is 10.2 Å². The van der Waals surface area contributed by atoms with Gasteiger partial charge in [0.1, 0.15) is 0 Å². The number of carbonyl (C=O) groups is 2. The molecule has 1 aliphatic carbocycles. The zero-order valence-corrected chi connectivity index (χ0v) is 26.2. The Hall–Kier alpha value is -3.71. The molecule has 0 bridgehead atoms. The maximum Gasteiger partial charge on any atom is 0.337 e. The van der Waals surface area contributed by atoms with Crippen molar-refractivity contribution in [2.24, 2.45) is 11.8 Å². The summed E-state index contributed by atoms with van der Waals surface area (Å²) >= 11 is 0. The van der Waals surface area contributed by atoms with Gasteiger partial charge in [0.15, 0.2) is 6.10 Å². The van der Waals surface area contributed by atoms with Crippen LogP contribution in [0.15, 0.2) is 54.6 Å². The highest BCUT2D eigenvalue weighted by Gasteiger charge is 2.38. The number of rotatable bonds is 8. The molecule has 43 heavy (non-hydrogen) atoms. The van der Waals surface area contributed by atoms with Crippen LogP contribution >= 0.6 is 0 Å². The lowest BCUT2D eigenvalue weighted by Gasteiger charge is -2.44. The van der Waals surface area contributed by atoms with Gasteiger partial charge in [0.25, 0.3) is 5.91 Å². The number of hydrogen-bond donors (Lipinski definition) is 2. The van der Waals surface area contributed by atoms with E-state index in [-0.39, 0.29) is 5.91 Å². The van der Waals surface area contributed by atoms with E-state index in [9.17, 15) is 14.7 Å². The lowest BCUT2D eigenvalue weighted by atomic mass is 9.74. The quantitative estimate of drug-likeness (QED) is 0.290. The van der Waals surface area contributed by atoms with Gasteiger partial charge >= 0.3 is 5.97 Å². The van der Waals surface area contributed by atoms with Crippen LogP contribution in [0.1, 0.15) is 91.9 Å². The van der Waals surface area contributed by atoms with Gasteiger partial charge < -0.3 is 20.1 Å². The van der Waals surface area contributed by atoms with E-state index in [4.69, 9.17) is 9.72 Å². The zero-order chi connectivity index (χ0) is 30.7. The van der Waals surface area contributed by atoms with Gasteiger partial charge in [-0.1, -0.05) is 61.7 Å². The van der Waals surface area contributed by atoms with Crippen molar-refractivity contribution >= 4 is 17.6 Å². The number of carboxylic acids is 1. The molecule has 3 aromatic rings. The Kier molecular flexibility index (Phi) is 9.21. The first-order valence-electron chi connectivity index (χ1n) is 15.6. The fourth-order valence-corrected chi connectivity index (χ4v) is 6.89. The molecule has 3 atom stereocenters. The monoisotopic (exact) mass is 583 g/mol. The zero-order valence-electron chi connectivity index (χ0n) is 26.2. The Morgan fingerprint density at radius 2 is 1.65 bits per heavy atom. The van der Waals surface area contributed by atoms with E-state index in [1.165, 1.54) is 25.7 Å². The largest absolute Gasteiger partial charge is 0.479 e. The minimum absolute atomic E-state index is 0.140. The van der Waals surface area contributed by atoms with E-state index in [1.54, 1.807) is 0 Å². The standard InChI is InChI=1S/C36H45N3O4/c1-23-30(27-15-17-28(18-16-27)34(40)37-21-25-11-7-6-8-12-25)32(39-20-19-26-13-9-10-14-29(26)22-39)31(24(2)38-23)33(35(41)42)43-36(3,4)5/h6-8,11-12,15-18,26,29,33H,9-10,13-14,19-22H2,1-5H3,(H,37,40)(H,41,42)/t26-,29+,33+/m1/s1. The number of pyridine rings is 1. The van der Waals surface area contributed by atoms with E-state index < -0.39 is 17.7 Å². The lowest BCUT2D eigenvalue weighted by Crippen LogP contribution is -2.43. The topological polar surface area (TPSA) is 91.8 Å². The Morgan fingerprint density at radius 1 is 0.977 bits per heavy atom. The van der Waals surface area contributed by atoms with Crippen LogP contribution in [0.2, 0.25) is 0 Å². The molecule has 0 radical (unpaired) electrons. The van der Waals surface area contributed by atoms with Crippen molar-refractivity contribution in [2.75, 3.05) is 18.0 Å². The maximum absolute atomic E-state index is 13.0. The van der Waals surface area contributed by atoms with Crippen molar-refractivity contribution in [3.05, 3.63) is 82.7 Å². The van der Waals surface area contributed by atoms with Crippen LogP contribution < -0.4 is 10.2 Å². The lowest BCUT2D eigenvalue weighted by molar-refractivity contribution is -0.160. The highest BCUT2D eigenvalue weighted by atomic mass is 16.5. The smallest absolute Gasteiger partial charge is 0.337 e. The summed E-state index contributed by atoms with van der Waals surface area (Å²) in [6.07, 6.45) is 4.99. The van der Waals surface area contributed by atoms with Crippen LogP contribution in [0.4, 0.5) is 5.69 Å². The van der Waals surface area contributed by atoms with Gasteiger partial charge in [-0.2, -0.15) is 0 Å². The summed E-state index contributed by atoms with van der Waals surface area (Å²) < 4.78 is 6.23. The van der Waals surface area contributed by atoms with Gasteiger partial charge in [-0.25, -0.2) is 4.79 Å². The summed E-state index contributed by atoms with van der Waals surface area (Å²) in [5, 5.41) is 13.5. The van der Waals surface area contributed by atoms with Crippen LogP contribution in [0.25, 0.3) is 11.1 Å². The van der Waals surface area contributed by atoms with Crippen LogP contribution in [0, 0.1) is 25.7 Å². The number of fused-ring (bicyclic) bond motifs is 1. The average Bonchev–Trinajstić information content (AvgIpc) is 2.98. The molecule has 2 aliphatic rings. The molecule has 7 nitrogen and oxygen atoms in total. The average molecular weight is 584 g/mol. The van der Waals surface area contributed by atoms with E-state index in [0.717, 1.165) is 53.5 Å². The molecule has 2 heterocycles. The Morgan fingerprint density at radius 3 is 2.30 bits per heavy atom. The van der Waals surface area contributed by atoms with Crippen molar-refractivity contribution in [1.82, 2.24) is 10.3 Å². The van der Waals surface area contributed by atoms with Crippen molar-refractivity contribution in [3.63, 3.8) is 0 Å². The number of aromatic nitrogens is 1. The molecular formula is C36H45N3O4. The molecule has 1 saturated carbocycles. The predicted molar refractivity (Wildman–Crippen MR) is 170 cm³/mol.